The summed E-state index contributed by atoms with van der Waals surface area (Å²) in [4.78, 5) is 23.5. The highest BCUT2D eigenvalue weighted by Gasteiger charge is 2.23. The lowest BCUT2D eigenvalue weighted by atomic mass is 10.1. The number of rotatable bonds is 8. The maximum atomic E-state index is 12.7. The molecule has 0 atom stereocenters. The molecule has 0 aliphatic carbocycles. The van der Waals surface area contributed by atoms with Gasteiger partial charge in [0.2, 0.25) is 16.0 Å². The van der Waals surface area contributed by atoms with Gasteiger partial charge in [-0.1, -0.05) is 59.4 Å². The van der Waals surface area contributed by atoms with Gasteiger partial charge in [-0.25, -0.2) is 4.98 Å². The lowest BCUT2D eigenvalue weighted by molar-refractivity contribution is -0.119. The number of hydrogen-bond donors (Lipinski definition) is 3. The Morgan fingerprint density at radius 2 is 1.89 bits per heavy atom. The summed E-state index contributed by atoms with van der Waals surface area (Å²) in [6.45, 7) is 9.22. The molecule has 0 aliphatic heterocycles. The molecule has 5 aromatic rings. The zero-order chi connectivity index (χ0) is 26.2. The molecule has 3 aromatic heterocycles. The van der Waals surface area contributed by atoms with Gasteiger partial charge in [0.25, 0.3) is 0 Å². The quantitative estimate of drug-likeness (QED) is 0.263. The van der Waals surface area contributed by atoms with E-state index in [9.17, 15) is 4.79 Å². The van der Waals surface area contributed by atoms with Gasteiger partial charge >= 0.3 is 0 Å². The third-order valence-corrected chi connectivity index (χ3v) is 7.13. The largest absolute Gasteiger partial charge is 0.364 e. The van der Waals surface area contributed by atoms with Crippen molar-refractivity contribution in [1.29, 1.82) is 0 Å². The van der Waals surface area contributed by atoms with Gasteiger partial charge in [-0.15, -0.1) is 5.10 Å². The Kier molecular flexibility index (Phi) is 6.64. The van der Waals surface area contributed by atoms with E-state index in [0.29, 0.717) is 6.54 Å². The van der Waals surface area contributed by atoms with E-state index in [-0.39, 0.29) is 18.0 Å². The van der Waals surface area contributed by atoms with Gasteiger partial charge in [0, 0.05) is 41.8 Å². The Labute approximate surface area is 220 Å². The molecular formula is C28H33N7OS. The van der Waals surface area contributed by atoms with Crippen molar-refractivity contribution in [3.63, 3.8) is 0 Å². The van der Waals surface area contributed by atoms with Crippen molar-refractivity contribution in [3.8, 4) is 11.3 Å². The summed E-state index contributed by atoms with van der Waals surface area (Å²) < 4.78 is 1.85. The van der Waals surface area contributed by atoms with E-state index in [2.05, 4.69) is 79.7 Å². The number of likely N-dealkylation sites (N-methyl/N-ethyl adjacent to an activating group) is 1. The fraction of sp³-hybridized carbons (Fsp3) is 0.321. The van der Waals surface area contributed by atoms with Gasteiger partial charge in [0.15, 0.2) is 5.82 Å². The summed E-state index contributed by atoms with van der Waals surface area (Å²) in [7, 11) is 1.88. The van der Waals surface area contributed by atoms with Gasteiger partial charge in [-0.3, -0.25) is 4.79 Å². The second-order valence-corrected chi connectivity index (χ2v) is 11.4. The lowest BCUT2D eigenvalue weighted by Gasteiger charge is -2.22. The number of hydrogen-bond acceptors (Lipinski definition) is 6. The number of para-hydroxylation sites is 1. The number of aryl methyl sites for hydroxylation is 1. The zero-order valence-corrected chi connectivity index (χ0v) is 22.7. The Hall–Kier alpha value is -3.85. The first kappa shape index (κ1) is 24.8. The molecule has 0 saturated carbocycles. The molecule has 0 fully saturated rings. The van der Waals surface area contributed by atoms with Crippen LogP contribution in [0.1, 0.15) is 31.9 Å². The van der Waals surface area contributed by atoms with Gasteiger partial charge in [0.05, 0.1) is 6.54 Å². The molecule has 192 valence electrons. The summed E-state index contributed by atoms with van der Waals surface area (Å²) in [6, 6.07) is 16.6. The van der Waals surface area contributed by atoms with Gasteiger partial charge in [0.1, 0.15) is 5.69 Å². The van der Waals surface area contributed by atoms with E-state index in [1.165, 1.54) is 27.8 Å². The SMILES string of the molecule is Cc1ccc(-c2nc3sc(N(C)CC(=O)NCCc4c[nH]c5ccccc45)nn3c2NC(C)(C)C)cc1. The van der Waals surface area contributed by atoms with Crippen LogP contribution in [0, 0.1) is 6.92 Å². The van der Waals surface area contributed by atoms with Crippen molar-refractivity contribution in [2.24, 2.45) is 0 Å². The zero-order valence-electron chi connectivity index (χ0n) is 21.9. The highest BCUT2D eigenvalue weighted by molar-refractivity contribution is 7.20. The van der Waals surface area contributed by atoms with E-state index < -0.39 is 0 Å². The van der Waals surface area contributed by atoms with E-state index in [4.69, 9.17) is 10.1 Å². The standard InChI is InChI=1S/C28H33N7OS/c1-18-10-12-19(13-11-18)24-25(32-28(2,3)4)35-26(31-24)37-27(33-35)34(5)17-23(36)29-15-14-20-16-30-22-9-7-6-8-21(20)22/h6-13,16,30,32H,14-15,17H2,1-5H3,(H,29,36). The Balaban J connectivity index is 1.28. The van der Waals surface area contributed by atoms with Crippen LogP contribution >= 0.6 is 11.3 Å². The maximum absolute atomic E-state index is 12.7. The molecule has 8 nitrogen and oxygen atoms in total. The van der Waals surface area contributed by atoms with Crippen molar-refractivity contribution < 1.29 is 4.79 Å². The first-order valence-electron chi connectivity index (χ1n) is 12.5. The van der Waals surface area contributed by atoms with Crippen LogP contribution in [0.4, 0.5) is 10.9 Å². The molecule has 0 saturated heterocycles. The normalized spacial score (nSPS) is 11.8. The summed E-state index contributed by atoms with van der Waals surface area (Å²) in [5.74, 6) is 0.814. The van der Waals surface area contributed by atoms with Crippen LogP contribution < -0.4 is 15.5 Å². The topological polar surface area (TPSA) is 90.3 Å². The molecule has 37 heavy (non-hydrogen) atoms. The third-order valence-electron chi connectivity index (χ3n) is 6.11. The molecule has 0 radical (unpaired) electrons. The minimum atomic E-state index is -0.171. The van der Waals surface area contributed by atoms with Crippen LogP contribution in [-0.4, -0.2) is 51.2 Å². The Bertz CT molecular complexity index is 1540. The number of nitrogens with one attached hydrogen (secondary N) is 3. The summed E-state index contributed by atoms with van der Waals surface area (Å²) in [5, 5.41) is 13.4. The van der Waals surface area contributed by atoms with Crippen molar-refractivity contribution in [2.45, 2.75) is 39.7 Å². The van der Waals surface area contributed by atoms with Gasteiger partial charge < -0.3 is 20.5 Å². The monoisotopic (exact) mass is 515 g/mol. The van der Waals surface area contributed by atoms with Crippen molar-refractivity contribution in [2.75, 3.05) is 30.4 Å². The fourth-order valence-electron chi connectivity index (χ4n) is 4.29. The molecule has 1 amide bonds. The predicted octanol–water partition coefficient (Wildman–Crippen LogP) is 5.25. The number of anilines is 2. The first-order chi connectivity index (χ1) is 17.7. The number of carbonyl (C=O) groups excluding carboxylic acids is 1. The average Bonchev–Trinajstić information content (AvgIpc) is 3.53. The van der Waals surface area contributed by atoms with Gasteiger partial charge in [-0.05, 0) is 45.7 Å². The van der Waals surface area contributed by atoms with Gasteiger partial charge in [-0.2, -0.15) is 4.52 Å². The molecule has 0 spiro atoms. The highest BCUT2D eigenvalue weighted by Crippen LogP contribution is 2.34. The Morgan fingerprint density at radius 3 is 2.65 bits per heavy atom. The van der Waals surface area contributed by atoms with E-state index in [1.807, 2.05) is 34.8 Å². The third kappa shape index (κ3) is 5.46. The molecule has 3 heterocycles. The van der Waals surface area contributed by atoms with Crippen LogP contribution in [-0.2, 0) is 11.2 Å². The van der Waals surface area contributed by atoms with E-state index in [0.717, 1.165) is 39.1 Å². The van der Waals surface area contributed by atoms with Crippen LogP contribution in [0.25, 0.3) is 27.1 Å². The number of aromatic amines is 1. The van der Waals surface area contributed by atoms with Crippen LogP contribution in [0.5, 0.6) is 0 Å². The van der Waals surface area contributed by atoms with Crippen molar-refractivity contribution >= 4 is 44.1 Å². The average molecular weight is 516 g/mol. The van der Waals surface area contributed by atoms with E-state index in [1.54, 1.807) is 0 Å². The second-order valence-electron chi connectivity index (χ2n) is 10.4. The molecule has 5 rings (SSSR count). The molecule has 2 aromatic carbocycles. The molecule has 3 N–H and O–H groups in total. The molecule has 0 unspecified atom stereocenters. The highest BCUT2D eigenvalue weighted by atomic mass is 32.1. The molecule has 0 bridgehead atoms. The number of nitrogens with zero attached hydrogens (tertiary/aromatic N) is 4. The van der Waals surface area contributed by atoms with Crippen molar-refractivity contribution in [3.05, 3.63) is 65.9 Å². The Morgan fingerprint density at radius 1 is 1.14 bits per heavy atom. The summed E-state index contributed by atoms with van der Waals surface area (Å²) >= 11 is 1.47. The molecule has 9 heteroatoms. The second kappa shape index (κ2) is 9.89. The minimum absolute atomic E-state index is 0.0384. The van der Waals surface area contributed by atoms with E-state index >= 15 is 0 Å². The number of H-pyrrole nitrogens is 1. The van der Waals surface area contributed by atoms with Crippen LogP contribution in [0.2, 0.25) is 0 Å². The number of imidazole rings is 1. The number of carbonyl (C=O) groups is 1. The summed E-state index contributed by atoms with van der Waals surface area (Å²) in [5.41, 5.74) is 5.27. The smallest absolute Gasteiger partial charge is 0.239 e. The van der Waals surface area contributed by atoms with Crippen LogP contribution in [0.3, 0.4) is 0 Å². The first-order valence-corrected chi connectivity index (χ1v) is 13.3. The predicted molar refractivity (Wildman–Crippen MR) is 153 cm³/mol. The number of benzene rings is 2. The minimum Gasteiger partial charge on any atom is -0.364 e. The van der Waals surface area contributed by atoms with Crippen molar-refractivity contribution in [1.82, 2.24) is 24.9 Å². The fourth-order valence-corrected chi connectivity index (χ4v) is 5.15. The number of amides is 1. The lowest BCUT2D eigenvalue weighted by Crippen LogP contribution is -2.36. The maximum Gasteiger partial charge on any atom is 0.239 e. The number of fused-ring (bicyclic) bond motifs is 2. The molecular weight excluding hydrogens is 482 g/mol. The summed E-state index contributed by atoms with van der Waals surface area (Å²) in [6.07, 6.45) is 2.79. The van der Waals surface area contributed by atoms with Crippen LogP contribution in [0.15, 0.2) is 54.7 Å². The number of aromatic nitrogens is 4. The molecule has 0 aliphatic rings.